The van der Waals surface area contributed by atoms with Crippen LogP contribution in [0.5, 0.6) is 0 Å². The first-order chi connectivity index (χ1) is 10.0. The Morgan fingerprint density at radius 1 is 0.636 bits per heavy atom. The lowest BCUT2D eigenvalue weighted by molar-refractivity contribution is 0.545. The van der Waals surface area contributed by atoms with Gasteiger partial charge in [0.25, 0.3) is 0 Å². The smallest absolute Gasteiger partial charge is 0.189 e. The molecule has 0 unspecified atom stereocenters. The van der Waals surface area contributed by atoms with E-state index in [1.165, 1.54) is 27.3 Å². The lowest BCUT2D eigenvalue weighted by Crippen LogP contribution is -2.55. The normalized spacial score (nSPS) is 11.6. The average Bonchev–Trinajstić information content (AvgIpc) is 2.42. The van der Waals surface area contributed by atoms with Crippen LogP contribution in [-0.4, -0.2) is 62.0 Å². The minimum Gasteiger partial charge on any atom is -0.229 e. The molecular formula is C13H21B6N3. The molecule has 0 aliphatic rings. The van der Waals surface area contributed by atoms with Gasteiger partial charge in [-0.3, -0.25) is 0 Å². The minimum atomic E-state index is -0.0843. The number of benzene rings is 1. The molecule has 0 saturated carbocycles. The number of hydrogen-bond donors (Lipinski definition) is 0. The Hall–Kier alpha value is -1.38. The van der Waals surface area contributed by atoms with Gasteiger partial charge >= 0.3 is 0 Å². The molecule has 2 rings (SSSR count). The molecule has 22 heavy (non-hydrogen) atoms. The Labute approximate surface area is 139 Å². The van der Waals surface area contributed by atoms with Gasteiger partial charge in [0.05, 0.1) is 5.72 Å². The predicted octanol–water partition coefficient (Wildman–Crippen LogP) is -7.61. The molecule has 3 nitrogen and oxygen atoms in total. The van der Waals surface area contributed by atoms with E-state index in [-0.39, 0.29) is 5.41 Å². The van der Waals surface area contributed by atoms with Crippen LogP contribution in [0.15, 0.2) is 0 Å². The van der Waals surface area contributed by atoms with E-state index in [0.717, 1.165) is 22.9 Å². The van der Waals surface area contributed by atoms with Gasteiger partial charge in [-0.15, -0.1) is 16.4 Å². The minimum absolute atomic E-state index is 0.0843. The van der Waals surface area contributed by atoms with Gasteiger partial charge in [0.2, 0.25) is 0 Å². The van der Waals surface area contributed by atoms with E-state index < -0.39 is 0 Å². The van der Waals surface area contributed by atoms with Crippen molar-refractivity contribution in [1.29, 1.82) is 0 Å². The molecule has 0 aliphatic heterocycles. The molecular weight excluding hydrogens is 263 g/mol. The van der Waals surface area contributed by atoms with E-state index in [1.54, 1.807) is 0 Å². The highest BCUT2D eigenvalue weighted by molar-refractivity contribution is 6.68. The maximum atomic E-state index is 4.79. The van der Waals surface area contributed by atoms with Crippen molar-refractivity contribution in [2.45, 2.75) is 26.2 Å². The summed E-state index contributed by atoms with van der Waals surface area (Å²) in [6.07, 6.45) is 0. The van der Waals surface area contributed by atoms with Crippen LogP contribution >= 0.6 is 0 Å². The van der Waals surface area contributed by atoms with Gasteiger partial charge in [0, 0.05) is 11.0 Å². The zero-order valence-electron chi connectivity index (χ0n) is 15.3. The zero-order chi connectivity index (χ0) is 16.8. The first-order valence-electron chi connectivity index (χ1n) is 7.84. The number of aromatic nitrogens is 3. The van der Waals surface area contributed by atoms with Gasteiger partial charge < -0.3 is 0 Å². The molecule has 0 N–H and O–H groups in total. The summed E-state index contributed by atoms with van der Waals surface area (Å²) in [5.74, 6) is 1.66. The summed E-state index contributed by atoms with van der Waals surface area (Å²) in [6.45, 7) is 6.41. The third kappa shape index (κ3) is 2.90. The topological polar surface area (TPSA) is 38.7 Å². The van der Waals surface area contributed by atoms with Crippen molar-refractivity contribution >= 4 is 80.1 Å². The van der Waals surface area contributed by atoms with Crippen molar-refractivity contribution < 1.29 is 0 Å². The molecule has 0 amide bonds. The number of nitrogens with zero attached hydrogens (tertiary/aromatic N) is 3. The fourth-order valence-electron chi connectivity index (χ4n) is 2.76. The molecule has 1 heterocycles. The van der Waals surface area contributed by atoms with Crippen molar-refractivity contribution in [3.63, 3.8) is 0 Å². The fourth-order valence-corrected chi connectivity index (χ4v) is 2.76. The standard InChI is InChI=1S/C13H21B6N3/c1-13(2,3)11-20-10(21-12(19)22-11)4-5(14)7(16)9(18)8(17)6(4)15/h14-19H2,1-3H3. The SMILES string of the molecule is Bc1nc(-c2c(B)c(B)c(B)c(B)c2B)nc(C(C)(C)C)n1. The number of rotatable bonds is 1. The van der Waals surface area contributed by atoms with Crippen LogP contribution < -0.4 is 33.0 Å². The zero-order valence-corrected chi connectivity index (χ0v) is 15.3. The molecule has 9 heteroatoms. The summed E-state index contributed by atoms with van der Waals surface area (Å²) < 4.78 is 0. The largest absolute Gasteiger partial charge is 0.229 e. The Balaban J connectivity index is 2.81. The molecule has 0 fully saturated rings. The fraction of sp³-hybridized carbons (Fsp3) is 0.308. The molecule has 0 atom stereocenters. The van der Waals surface area contributed by atoms with E-state index in [0.29, 0.717) is 0 Å². The van der Waals surface area contributed by atoms with Crippen molar-refractivity contribution in [2.75, 3.05) is 0 Å². The lowest BCUT2D eigenvalue weighted by Gasteiger charge is -2.22. The molecule has 0 bridgehead atoms. The summed E-state index contributed by atoms with van der Waals surface area (Å²) in [7, 11) is 12.8. The van der Waals surface area contributed by atoms with Crippen LogP contribution in [0.3, 0.4) is 0 Å². The van der Waals surface area contributed by atoms with Gasteiger partial charge in [0.1, 0.15) is 45.1 Å². The molecule has 1 aromatic carbocycles. The third-order valence-corrected chi connectivity index (χ3v) is 4.64. The van der Waals surface area contributed by atoms with E-state index in [2.05, 4.69) is 70.0 Å². The summed E-state index contributed by atoms with van der Waals surface area (Å²) in [6, 6.07) is 0. The Kier molecular flexibility index (Phi) is 4.38. The van der Waals surface area contributed by atoms with E-state index >= 15 is 0 Å². The van der Waals surface area contributed by atoms with Crippen LogP contribution in [-0.2, 0) is 5.41 Å². The van der Waals surface area contributed by atoms with Crippen molar-refractivity contribution in [3.8, 4) is 11.4 Å². The second kappa shape index (κ2) is 5.68. The molecule has 106 valence electrons. The van der Waals surface area contributed by atoms with Crippen LogP contribution in [0.2, 0.25) is 0 Å². The summed E-state index contributed by atoms with van der Waals surface area (Å²) in [4.78, 5) is 13.9. The predicted molar refractivity (Wildman–Crippen MR) is 113 cm³/mol. The second-order valence-electron chi connectivity index (χ2n) is 7.28. The highest BCUT2D eigenvalue weighted by Crippen LogP contribution is 2.18. The van der Waals surface area contributed by atoms with Crippen molar-refractivity contribution in [1.82, 2.24) is 15.0 Å². The van der Waals surface area contributed by atoms with Gasteiger partial charge in [-0.1, -0.05) is 31.7 Å². The van der Waals surface area contributed by atoms with Crippen LogP contribution in [0.1, 0.15) is 26.6 Å². The number of hydrogen-bond acceptors (Lipinski definition) is 3. The maximum Gasteiger partial charge on any atom is 0.189 e. The van der Waals surface area contributed by atoms with Crippen molar-refractivity contribution in [3.05, 3.63) is 5.82 Å². The Morgan fingerprint density at radius 2 is 1.09 bits per heavy atom. The van der Waals surface area contributed by atoms with E-state index in [9.17, 15) is 0 Å². The first-order valence-corrected chi connectivity index (χ1v) is 7.84. The Bertz CT molecular complexity index is 725. The quantitative estimate of drug-likeness (QED) is 0.488. The monoisotopic (exact) mass is 285 g/mol. The van der Waals surface area contributed by atoms with Crippen LogP contribution in [0, 0.1) is 0 Å². The summed E-state index contributed by atoms with van der Waals surface area (Å²) in [5, 5.41) is 0. The lowest BCUT2D eigenvalue weighted by atomic mass is 9.60. The average molecular weight is 284 g/mol. The summed E-state index contributed by atoms with van der Waals surface area (Å²) in [5.41, 5.74) is 8.42. The van der Waals surface area contributed by atoms with Gasteiger partial charge in [-0.2, -0.15) is 0 Å². The highest BCUT2D eigenvalue weighted by Gasteiger charge is 2.21. The van der Waals surface area contributed by atoms with Crippen molar-refractivity contribution in [2.24, 2.45) is 0 Å². The molecule has 2 aromatic rings. The molecule has 0 aliphatic carbocycles. The second-order valence-corrected chi connectivity index (χ2v) is 7.28. The molecule has 0 saturated heterocycles. The van der Waals surface area contributed by atoms with Gasteiger partial charge in [-0.05, 0) is 0 Å². The Morgan fingerprint density at radius 3 is 1.55 bits per heavy atom. The van der Waals surface area contributed by atoms with Gasteiger partial charge in [0.15, 0.2) is 13.7 Å². The van der Waals surface area contributed by atoms with Gasteiger partial charge in [-0.25, -0.2) is 15.0 Å². The van der Waals surface area contributed by atoms with E-state index in [1.807, 2.05) is 7.85 Å². The molecule has 0 radical (unpaired) electrons. The third-order valence-electron chi connectivity index (χ3n) is 4.64. The summed E-state index contributed by atoms with van der Waals surface area (Å²) >= 11 is 0. The highest BCUT2D eigenvalue weighted by atomic mass is 15.0. The van der Waals surface area contributed by atoms with E-state index in [4.69, 9.17) is 4.98 Å². The maximum absolute atomic E-state index is 4.79. The molecule has 0 spiro atoms. The molecule has 1 aromatic heterocycles. The van der Waals surface area contributed by atoms with Crippen LogP contribution in [0.25, 0.3) is 11.4 Å². The van der Waals surface area contributed by atoms with Crippen LogP contribution in [0.4, 0.5) is 0 Å². The first kappa shape index (κ1) is 17.0.